The van der Waals surface area contributed by atoms with E-state index in [0.717, 1.165) is 24.1 Å². The number of amides is 1. The summed E-state index contributed by atoms with van der Waals surface area (Å²) in [6.45, 7) is 4.08. The Kier molecular flexibility index (Phi) is 4.87. The number of unbranched alkanes of at least 4 members (excludes halogenated alkanes) is 1. The van der Waals surface area contributed by atoms with Crippen LogP contribution in [0, 0.1) is 0 Å². The van der Waals surface area contributed by atoms with Gasteiger partial charge in [0.2, 0.25) is 5.91 Å². The number of hydrogen-bond donors (Lipinski definition) is 1. The van der Waals surface area contributed by atoms with Gasteiger partial charge in [0.15, 0.2) is 0 Å². The molecule has 1 aromatic carbocycles. The van der Waals surface area contributed by atoms with Crippen molar-refractivity contribution in [3.05, 3.63) is 42.5 Å². The number of carbonyl (C=O) groups is 1. The molecule has 2 aromatic rings. The van der Waals surface area contributed by atoms with Crippen molar-refractivity contribution in [3.8, 4) is 5.69 Å². The summed E-state index contributed by atoms with van der Waals surface area (Å²) in [7, 11) is 0. The molecular formula is C15H20N4O. The molecule has 0 aliphatic rings. The Bertz CT molecular complexity index is 534. The molecule has 2 rings (SSSR count). The Balaban J connectivity index is 1.97. The van der Waals surface area contributed by atoms with Crippen molar-refractivity contribution in [2.45, 2.75) is 39.2 Å². The SMILES string of the molecule is CCCCC(=O)N[C@@H](C)c1ccc(-n2cncn2)cc1. The number of carbonyl (C=O) groups excluding carboxylic acids is 1. The van der Waals surface area contributed by atoms with Crippen LogP contribution in [0.3, 0.4) is 0 Å². The Labute approximate surface area is 119 Å². The molecule has 0 saturated heterocycles. The zero-order chi connectivity index (χ0) is 14.4. The van der Waals surface area contributed by atoms with Crippen molar-refractivity contribution < 1.29 is 4.79 Å². The third-order valence-electron chi connectivity index (χ3n) is 3.21. The van der Waals surface area contributed by atoms with Crippen molar-refractivity contribution in [1.29, 1.82) is 0 Å². The summed E-state index contributed by atoms with van der Waals surface area (Å²) in [6.07, 6.45) is 5.73. The molecule has 0 radical (unpaired) electrons. The lowest BCUT2D eigenvalue weighted by atomic mass is 10.1. The normalized spacial score (nSPS) is 12.1. The van der Waals surface area contributed by atoms with Crippen molar-refractivity contribution in [2.24, 2.45) is 0 Å². The van der Waals surface area contributed by atoms with Crippen LogP contribution in [0.1, 0.15) is 44.7 Å². The molecule has 0 spiro atoms. The highest BCUT2D eigenvalue weighted by atomic mass is 16.1. The van der Waals surface area contributed by atoms with Crippen molar-refractivity contribution in [2.75, 3.05) is 0 Å². The van der Waals surface area contributed by atoms with Gasteiger partial charge in [0.05, 0.1) is 11.7 Å². The van der Waals surface area contributed by atoms with Crippen LogP contribution < -0.4 is 5.32 Å². The van der Waals surface area contributed by atoms with Crippen LogP contribution in [0.5, 0.6) is 0 Å². The van der Waals surface area contributed by atoms with Gasteiger partial charge in [-0.25, -0.2) is 9.67 Å². The van der Waals surface area contributed by atoms with E-state index >= 15 is 0 Å². The summed E-state index contributed by atoms with van der Waals surface area (Å²) in [4.78, 5) is 15.6. The van der Waals surface area contributed by atoms with Crippen LogP contribution in [0.15, 0.2) is 36.9 Å². The Morgan fingerprint density at radius 3 is 2.70 bits per heavy atom. The number of hydrogen-bond acceptors (Lipinski definition) is 3. The predicted octanol–water partition coefficient (Wildman–Crippen LogP) is 2.63. The quantitative estimate of drug-likeness (QED) is 0.879. The van der Waals surface area contributed by atoms with Gasteiger partial charge in [0, 0.05) is 6.42 Å². The van der Waals surface area contributed by atoms with Gasteiger partial charge in [-0.05, 0) is 31.0 Å². The molecule has 1 aromatic heterocycles. The molecule has 5 heteroatoms. The minimum absolute atomic E-state index is 0.0177. The highest BCUT2D eigenvalue weighted by Gasteiger charge is 2.09. The fourth-order valence-corrected chi connectivity index (χ4v) is 1.99. The topological polar surface area (TPSA) is 59.8 Å². The maximum Gasteiger partial charge on any atom is 0.220 e. The highest BCUT2D eigenvalue weighted by Crippen LogP contribution is 2.15. The number of benzene rings is 1. The smallest absolute Gasteiger partial charge is 0.220 e. The average Bonchev–Trinajstić information content (AvgIpc) is 2.99. The van der Waals surface area contributed by atoms with E-state index in [4.69, 9.17) is 0 Å². The number of nitrogens with one attached hydrogen (secondary N) is 1. The molecule has 1 heterocycles. The fourth-order valence-electron chi connectivity index (χ4n) is 1.99. The van der Waals surface area contributed by atoms with Crippen LogP contribution in [-0.2, 0) is 4.79 Å². The van der Waals surface area contributed by atoms with Crippen molar-refractivity contribution in [3.63, 3.8) is 0 Å². The van der Waals surface area contributed by atoms with E-state index in [9.17, 15) is 4.79 Å². The van der Waals surface area contributed by atoms with E-state index in [-0.39, 0.29) is 11.9 Å². The van der Waals surface area contributed by atoms with Crippen LogP contribution in [0.4, 0.5) is 0 Å². The van der Waals surface area contributed by atoms with Crippen LogP contribution >= 0.6 is 0 Å². The maximum absolute atomic E-state index is 11.7. The summed E-state index contributed by atoms with van der Waals surface area (Å²) in [5.41, 5.74) is 2.04. The van der Waals surface area contributed by atoms with Crippen molar-refractivity contribution in [1.82, 2.24) is 20.1 Å². The van der Waals surface area contributed by atoms with E-state index in [1.807, 2.05) is 31.2 Å². The Morgan fingerprint density at radius 1 is 1.35 bits per heavy atom. The Hall–Kier alpha value is -2.17. The minimum Gasteiger partial charge on any atom is -0.350 e. The van der Waals surface area contributed by atoms with E-state index in [1.165, 1.54) is 6.33 Å². The highest BCUT2D eigenvalue weighted by molar-refractivity contribution is 5.76. The fraction of sp³-hybridized carbons (Fsp3) is 0.400. The molecular weight excluding hydrogens is 252 g/mol. The zero-order valence-electron chi connectivity index (χ0n) is 11.9. The number of nitrogens with zero attached hydrogens (tertiary/aromatic N) is 3. The first kappa shape index (κ1) is 14.2. The first-order valence-corrected chi connectivity index (χ1v) is 6.95. The minimum atomic E-state index is 0.0177. The third-order valence-corrected chi connectivity index (χ3v) is 3.21. The zero-order valence-corrected chi connectivity index (χ0v) is 11.9. The standard InChI is InChI=1S/C15H20N4O/c1-3-4-5-15(20)18-12(2)13-6-8-14(9-7-13)19-11-16-10-17-19/h6-12H,3-5H2,1-2H3,(H,18,20)/t12-/m0/s1. The van der Waals surface area contributed by atoms with Gasteiger partial charge in [-0.15, -0.1) is 0 Å². The third kappa shape index (κ3) is 3.66. The van der Waals surface area contributed by atoms with Crippen LogP contribution in [-0.4, -0.2) is 20.7 Å². The molecule has 106 valence electrons. The van der Waals surface area contributed by atoms with E-state index < -0.39 is 0 Å². The lowest BCUT2D eigenvalue weighted by Crippen LogP contribution is -2.26. The summed E-state index contributed by atoms with van der Waals surface area (Å²) < 4.78 is 1.70. The van der Waals surface area contributed by atoms with E-state index in [2.05, 4.69) is 22.3 Å². The monoisotopic (exact) mass is 272 g/mol. The first-order chi connectivity index (χ1) is 9.70. The second-order valence-electron chi connectivity index (χ2n) is 4.82. The van der Waals surface area contributed by atoms with Gasteiger partial charge < -0.3 is 5.32 Å². The maximum atomic E-state index is 11.7. The summed E-state index contributed by atoms with van der Waals surface area (Å²) in [6, 6.07) is 7.96. The molecule has 5 nitrogen and oxygen atoms in total. The molecule has 0 fully saturated rings. The molecule has 20 heavy (non-hydrogen) atoms. The first-order valence-electron chi connectivity index (χ1n) is 6.95. The van der Waals surface area contributed by atoms with Gasteiger partial charge in [0.25, 0.3) is 0 Å². The largest absolute Gasteiger partial charge is 0.350 e. The van der Waals surface area contributed by atoms with Gasteiger partial charge in [0.1, 0.15) is 12.7 Å². The number of aromatic nitrogens is 3. The van der Waals surface area contributed by atoms with E-state index in [0.29, 0.717) is 6.42 Å². The van der Waals surface area contributed by atoms with Gasteiger partial charge >= 0.3 is 0 Å². The molecule has 0 aliphatic heterocycles. The number of rotatable bonds is 6. The van der Waals surface area contributed by atoms with Crippen LogP contribution in [0.2, 0.25) is 0 Å². The molecule has 0 saturated carbocycles. The molecule has 1 atom stereocenters. The summed E-state index contributed by atoms with van der Waals surface area (Å²) in [5, 5.41) is 7.09. The molecule has 0 unspecified atom stereocenters. The van der Waals surface area contributed by atoms with E-state index in [1.54, 1.807) is 11.0 Å². The van der Waals surface area contributed by atoms with Gasteiger partial charge in [-0.3, -0.25) is 4.79 Å². The average molecular weight is 272 g/mol. The Morgan fingerprint density at radius 2 is 2.10 bits per heavy atom. The molecule has 0 bridgehead atoms. The molecule has 0 aliphatic carbocycles. The predicted molar refractivity (Wildman–Crippen MR) is 77.4 cm³/mol. The second kappa shape index (κ2) is 6.84. The lowest BCUT2D eigenvalue weighted by molar-refractivity contribution is -0.121. The lowest BCUT2D eigenvalue weighted by Gasteiger charge is -2.14. The van der Waals surface area contributed by atoms with Crippen LogP contribution in [0.25, 0.3) is 5.69 Å². The molecule has 1 N–H and O–H groups in total. The van der Waals surface area contributed by atoms with Gasteiger partial charge in [-0.1, -0.05) is 25.5 Å². The summed E-state index contributed by atoms with van der Waals surface area (Å²) >= 11 is 0. The summed E-state index contributed by atoms with van der Waals surface area (Å²) in [5.74, 6) is 0.111. The second-order valence-corrected chi connectivity index (χ2v) is 4.82. The van der Waals surface area contributed by atoms with Crippen molar-refractivity contribution >= 4 is 5.91 Å². The van der Waals surface area contributed by atoms with Gasteiger partial charge in [-0.2, -0.15) is 5.10 Å². The molecule has 1 amide bonds.